The van der Waals surface area contributed by atoms with Gasteiger partial charge in [0, 0.05) is 26.2 Å². The first-order valence-corrected chi connectivity index (χ1v) is 8.05. The molecule has 0 spiro atoms. The minimum Gasteiger partial charge on any atom is -0.472 e. The van der Waals surface area contributed by atoms with Gasteiger partial charge in [-0.2, -0.15) is 0 Å². The van der Waals surface area contributed by atoms with Gasteiger partial charge in [-0.3, -0.25) is 14.6 Å². The molecule has 4 rings (SSSR count). The molecule has 2 amide bonds. The van der Waals surface area contributed by atoms with E-state index in [2.05, 4.69) is 9.97 Å². The SMILES string of the molecule is O=C(c1ccoc1)N1CCN(C(=O)c2cnc3ccccc3n2)CC1. The zero-order valence-corrected chi connectivity index (χ0v) is 13.5. The van der Waals surface area contributed by atoms with Crippen molar-refractivity contribution >= 4 is 22.8 Å². The zero-order chi connectivity index (χ0) is 17.2. The predicted molar refractivity (Wildman–Crippen MR) is 90.1 cm³/mol. The van der Waals surface area contributed by atoms with Gasteiger partial charge in [-0.05, 0) is 18.2 Å². The van der Waals surface area contributed by atoms with Gasteiger partial charge in [0.1, 0.15) is 12.0 Å². The Balaban J connectivity index is 1.44. The van der Waals surface area contributed by atoms with Crippen LogP contribution in [0.25, 0.3) is 11.0 Å². The summed E-state index contributed by atoms with van der Waals surface area (Å²) in [4.78, 5) is 37.1. The number of rotatable bonds is 2. The molecule has 1 aliphatic rings. The Morgan fingerprint density at radius 1 is 0.920 bits per heavy atom. The number of furan rings is 1. The largest absolute Gasteiger partial charge is 0.472 e. The minimum atomic E-state index is -0.159. The highest BCUT2D eigenvalue weighted by molar-refractivity contribution is 5.95. The molecule has 0 N–H and O–H groups in total. The third-order valence-electron chi connectivity index (χ3n) is 4.29. The van der Waals surface area contributed by atoms with E-state index in [-0.39, 0.29) is 11.8 Å². The first-order chi connectivity index (χ1) is 12.2. The van der Waals surface area contributed by atoms with Crippen LogP contribution in [0.1, 0.15) is 20.8 Å². The van der Waals surface area contributed by atoms with Crippen LogP contribution in [-0.4, -0.2) is 57.8 Å². The number of piperazine rings is 1. The normalized spacial score (nSPS) is 14.7. The van der Waals surface area contributed by atoms with E-state index in [1.807, 2.05) is 24.3 Å². The topological polar surface area (TPSA) is 79.5 Å². The highest BCUT2D eigenvalue weighted by atomic mass is 16.3. The highest BCUT2D eigenvalue weighted by Gasteiger charge is 2.26. The van der Waals surface area contributed by atoms with Crippen molar-refractivity contribution in [2.75, 3.05) is 26.2 Å². The van der Waals surface area contributed by atoms with E-state index >= 15 is 0 Å². The van der Waals surface area contributed by atoms with Gasteiger partial charge in [-0.1, -0.05) is 12.1 Å². The lowest BCUT2D eigenvalue weighted by Gasteiger charge is -2.34. The molecule has 25 heavy (non-hydrogen) atoms. The van der Waals surface area contributed by atoms with Crippen LogP contribution in [0.5, 0.6) is 0 Å². The molecule has 3 aromatic rings. The Labute approximate surface area is 143 Å². The molecule has 2 aromatic heterocycles. The van der Waals surface area contributed by atoms with Crippen LogP contribution >= 0.6 is 0 Å². The van der Waals surface area contributed by atoms with E-state index in [0.717, 1.165) is 5.52 Å². The van der Waals surface area contributed by atoms with Gasteiger partial charge in [0.25, 0.3) is 11.8 Å². The summed E-state index contributed by atoms with van der Waals surface area (Å²) < 4.78 is 4.95. The summed E-state index contributed by atoms with van der Waals surface area (Å²) in [7, 11) is 0. The van der Waals surface area contributed by atoms with Gasteiger partial charge in [-0.15, -0.1) is 0 Å². The number of carbonyl (C=O) groups excluding carboxylic acids is 2. The number of nitrogens with zero attached hydrogens (tertiary/aromatic N) is 4. The van der Waals surface area contributed by atoms with Gasteiger partial charge >= 0.3 is 0 Å². The van der Waals surface area contributed by atoms with Crippen molar-refractivity contribution in [2.24, 2.45) is 0 Å². The van der Waals surface area contributed by atoms with Crippen molar-refractivity contribution in [3.63, 3.8) is 0 Å². The molecule has 0 atom stereocenters. The third kappa shape index (κ3) is 2.96. The number of carbonyl (C=O) groups is 2. The Hall–Kier alpha value is -3.22. The molecule has 1 saturated heterocycles. The molecule has 0 bridgehead atoms. The van der Waals surface area contributed by atoms with Gasteiger partial charge in [0.2, 0.25) is 0 Å². The number of para-hydroxylation sites is 2. The van der Waals surface area contributed by atoms with E-state index in [1.165, 1.54) is 18.7 Å². The molecule has 1 fully saturated rings. The van der Waals surface area contributed by atoms with E-state index < -0.39 is 0 Å². The number of hydrogen-bond acceptors (Lipinski definition) is 5. The molecular formula is C18H16N4O3. The zero-order valence-electron chi connectivity index (χ0n) is 13.5. The molecule has 1 aliphatic heterocycles. The molecule has 0 radical (unpaired) electrons. The number of aromatic nitrogens is 2. The van der Waals surface area contributed by atoms with Crippen LogP contribution in [0.15, 0.2) is 53.5 Å². The van der Waals surface area contributed by atoms with Crippen LogP contribution in [-0.2, 0) is 0 Å². The second-order valence-corrected chi connectivity index (χ2v) is 5.84. The number of amides is 2. The van der Waals surface area contributed by atoms with Crippen molar-refractivity contribution < 1.29 is 14.0 Å². The van der Waals surface area contributed by atoms with Crippen molar-refractivity contribution in [3.8, 4) is 0 Å². The monoisotopic (exact) mass is 336 g/mol. The summed E-state index contributed by atoms with van der Waals surface area (Å²) in [6, 6.07) is 9.09. The van der Waals surface area contributed by atoms with Crippen LogP contribution in [0, 0.1) is 0 Å². The van der Waals surface area contributed by atoms with E-state index in [9.17, 15) is 9.59 Å². The molecule has 0 saturated carbocycles. The van der Waals surface area contributed by atoms with Gasteiger partial charge in [0.15, 0.2) is 0 Å². The third-order valence-corrected chi connectivity index (χ3v) is 4.29. The van der Waals surface area contributed by atoms with Crippen molar-refractivity contribution in [2.45, 2.75) is 0 Å². The van der Waals surface area contributed by atoms with Crippen LogP contribution in [0.4, 0.5) is 0 Å². The maximum absolute atomic E-state index is 12.7. The summed E-state index contributed by atoms with van der Waals surface area (Å²) in [5.74, 6) is -0.236. The summed E-state index contributed by atoms with van der Waals surface area (Å²) >= 11 is 0. The average Bonchev–Trinajstić information content (AvgIpc) is 3.21. The lowest BCUT2D eigenvalue weighted by Crippen LogP contribution is -2.50. The lowest BCUT2D eigenvalue weighted by molar-refractivity contribution is 0.0532. The summed E-state index contributed by atoms with van der Waals surface area (Å²) in [6.45, 7) is 1.90. The fourth-order valence-electron chi connectivity index (χ4n) is 2.90. The second-order valence-electron chi connectivity index (χ2n) is 5.84. The lowest BCUT2D eigenvalue weighted by atomic mass is 10.2. The maximum atomic E-state index is 12.7. The number of hydrogen-bond donors (Lipinski definition) is 0. The van der Waals surface area contributed by atoms with Gasteiger partial charge in [0.05, 0.1) is 29.1 Å². The number of fused-ring (bicyclic) bond motifs is 1. The van der Waals surface area contributed by atoms with Gasteiger partial charge < -0.3 is 14.2 Å². The second kappa shape index (κ2) is 6.35. The average molecular weight is 336 g/mol. The standard InChI is InChI=1S/C18H16N4O3/c23-17(13-5-10-25-12-13)21-6-8-22(9-7-21)18(24)16-11-19-14-3-1-2-4-15(14)20-16/h1-5,10-12H,6-9H2. The summed E-state index contributed by atoms with van der Waals surface area (Å²) in [5.41, 5.74) is 2.31. The molecule has 0 unspecified atom stereocenters. The molecule has 126 valence electrons. The fourth-order valence-corrected chi connectivity index (χ4v) is 2.90. The summed E-state index contributed by atoms with van der Waals surface area (Å²) in [6.07, 6.45) is 4.42. The quantitative estimate of drug-likeness (QED) is 0.713. The smallest absolute Gasteiger partial charge is 0.274 e. The Morgan fingerprint density at radius 3 is 2.28 bits per heavy atom. The minimum absolute atomic E-state index is 0.0775. The van der Waals surface area contributed by atoms with E-state index in [0.29, 0.717) is 43.0 Å². The van der Waals surface area contributed by atoms with Gasteiger partial charge in [-0.25, -0.2) is 4.98 Å². The van der Waals surface area contributed by atoms with E-state index in [1.54, 1.807) is 15.9 Å². The highest BCUT2D eigenvalue weighted by Crippen LogP contribution is 2.13. The first kappa shape index (κ1) is 15.3. The molecule has 0 aliphatic carbocycles. The van der Waals surface area contributed by atoms with Crippen LogP contribution < -0.4 is 0 Å². The maximum Gasteiger partial charge on any atom is 0.274 e. The Kier molecular flexibility index (Phi) is 3.89. The molecule has 1 aromatic carbocycles. The Bertz CT molecular complexity index is 915. The molecular weight excluding hydrogens is 320 g/mol. The van der Waals surface area contributed by atoms with Crippen molar-refractivity contribution in [3.05, 3.63) is 60.3 Å². The fraction of sp³-hybridized carbons (Fsp3) is 0.222. The first-order valence-electron chi connectivity index (χ1n) is 8.05. The Morgan fingerprint density at radius 2 is 1.60 bits per heavy atom. The number of benzene rings is 1. The molecule has 7 nitrogen and oxygen atoms in total. The van der Waals surface area contributed by atoms with Crippen LogP contribution in [0.3, 0.4) is 0 Å². The molecule has 3 heterocycles. The summed E-state index contributed by atoms with van der Waals surface area (Å²) in [5, 5.41) is 0. The van der Waals surface area contributed by atoms with Crippen molar-refractivity contribution in [1.82, 2.24) is 19.8 Å². The van der Waals surface area contributed by atoms with Crippen molar-refractivity contribution in [1.29, 1.82) is 0 Å². The van der Waals surface area contributed by atoms with E-state index in [4.69, 9.17) is 4.42 Å². The predicted octanol–water partition coefficient (Wildman–Crippen LogP) is 1.82. The molecule has 7 heteroatoms. The van der Waals surface area contributed by atoms with Crippen LogP contribution in [0.2, 0.25) is 0 Å².